The summed E-state index contributed by atoms with van der Waals surface area (Å²) in [6, 6.07) is 21.1. The van der Waals surface area contributed by atoms with Crippen molar-refractivity contribution in [2.45, 2.75) is 82.2 Å². The molecule has 19 heteroatoms. The van der Waals surface area contributed by atoms with Crippen molar-refractivity contribution >= 4 is 40.1 Å². The first-order chi connectivity index (χ1) is 30.4. The Morgan fingerprint density at radius 2 is 1.56 bits per heavy atom. The van der Waals surface area contributed by atoms with Crippen LogP contribution in [0.25, 0.3) is 10.9 Å². The van der Waals surface area contributed by atoms with Crippen LogP contribution in [0, 0.1) is 5.92 Å². The van der Waals surface area contributed by atoms with E-state index in [1.807, 2.05) is 22.9 Å². The molecule has 2 aromatic heterocycles. The van der Waals surface area contributed by atoms with Crippen molar-refractivity contribution in [2.75, 3.05) is 33.0 Å². The highest BCUT2D eigenvalue weighted by atomic mass is 35.5. The molecule has 3 unspecified atom stereocenters. The SMILES string of the molecule is COc1cc2c(cc1OC)C(c1ccccc1)N(CCc1cn(CCCCC3=CC4Cc5nc6cc(Cl)ccc6c(N)c5C(C3)C4)nn1)CC2.O=C(O)C(F)(F)F.O=C(O)C(F)(F)F. The zero-order chi connectivity index (χ0) is 46.3. The number of hydrogen-bond donors (Lipinski definition) is 3. The Bertz CT molecular complexity index is 2460. The van der Waals surface area contributed by atoms with Crippen LogP contribution in [0.15, 0.2) is 78.5 Å². The number of nitrogens with zero attached hydrogens (tertiary/aromatic N) is 5. The van der Waals surface area contributed by atoms with Gasteiger partial charge in [-0.3, -0.25) is 14.6 Å². The van der Waals surface area contributed by atoms with Crippen molar-refractivity contribution in [3.05, 3.63) is 117 Å². The number of unbranched alkanes of at least 4 members (excludes halogenated alkanes) is 1. The zero-order valence-electron chi connectivity index (χ0n) is 34.9. The van der Waals surface area contributed by atoms with Crippen LogP contribution in [0.2, 0.25) is 5.02 Å². The van der Waals surface area contributed by atoms with E-state index in [4.69, 9.17) is 51.6 Å². The van der Waals surface area contributed by atoms with Crippen molar-refractivity contribution in [3.63, 3.8) is 0 Å². The standard InChI is InChI=1S/C41H45ClN6O2.2C2HF3O2/c1-49-37-22-29-13-16-47(41(28-9-4-3-5-10-28)34(29)24-38(37)50-2)17-14-32-25-48(46-45-32)15-7-6-8-26-18-27-20-30(19-26)39-36(21-27)44-35-23-31(42)11-12-33(35)40(39)43;2*3-2(4,5)1(6)7/h3-5,9-12,18,22-25,27,30,41H,6-8,13-17,19-21H2,1-2H3,(H2,43,44);2*(H,6,7). The number of halogens is 7. The van der Waals surface area contributed by atoms with Crippen LogP contribution < -0.4 is 15.2 Å². The van der Waals surface area contributed by atoms with Gasteiger partial charge in [0.25, 0.3) is 0 Å². The number of rotatable bonds is 11. The number of pyridine rings is 1. The molecule has 8 rings (SSSR count). The summed E-state index contributed by atoms with van der Waals surface area (Å²) in [5, 5.41) is 25.0. The quantitative estimate of drug-likeness (QED) is 0.0657. The van der Waals surface area contributed by atoms with Crippen LogP contribution >= 0.6 is 11.6 Å². The number of ether oxygens (including phenoxy) is 2. The van der Waals surface area contributed by atoms with Gasteiger partial charge < -0.3 is 25.4 Å². The lowest BCUT2D eigenvalue weighted by Crippen LogP contribution is -2.37. The molecule has 3 aliphatic rings. The third-order valence-corrected chi connectivity index (χ3v) is 11.7. The fourth-order valence-corrected chi connectivity index (χ4v) is 8.85. The Kier molecular flexibility index (Phi) is 15.1. The molecule has 0 saturated heterocycles. The molecule has 5 aromatic rings. The molecule has 64 heavy (non-hydrogen) atoms. The largest absolute Gasteiger partial charge is 0.493 e. The molecule has 0 fully saturated rings. The number of alkyl halides is 6. The van der Waals surface area contributed by atoms with E-state index in [1.54, 1.807) is 19.8 Å². The summed E-state index contributed by atoms with van der Waals surface area (Å²) < 4.78 is 76.8. The summed E-state index contributed by atoms with van der Waals surface area (Å²) in [6.45, 7) is 2.75. The van der Waals surface area contributed by atoms with Crippen LogP contribution in [0.4, 0.5) is 32.0 Å². The van der Waals surface area contributed by atoms with Gasteiger partial charge in [0.15, 0.2) is 11.5 Å². The molecule has 3 aromatic carbocycles. The Labute approximate surface area is 369 Å². The molecule has 342 valence electrons. The fourth-order valence-electron chi connectivity index (χ4n) is 8.68. The van der Waals surface area contributed by atoms with Crippen LogP contribution in [-0.2, 0) is 35.4 Å². The Morgan fingerprint density at radius 1 is 0.891 bits per heavy atom. The minimum atomic E-state index is -5.08. The van der Waals surface area contributed by atoms with E-state index in [9.17, 15) is 26.3 Å². The third-order valence-electron chi connectivity index (χ3n) is 11.5. The number of carboxylic acid groups (broad SMARTS) is 2. The predicted octanol–water partition coefficient (Wildman–Crippen LogP) is 9.38. The highest BCUT2D eigenvalue weighted by Gasteiger charge is 2.39. The number of allylic oxidation sites excluding steroid dienone is 2. The minimum absolute atomic E-state index is 0.142. The van der Waals surface area contributed by atoms with Gasteiger partial charge in [-0.05, 0) is 104 Å². The summed E-state index contributed by atoms with van der Waals surface area (Å²) in [5.41, 5.74) is 17.5. The monoisotopic (exact) mass is 916 g/mol. The first-order valence-corrected chi connectivity index (χ1v) is 20.8. The van der Waals surface area contributed by atoms with E-state index in [-0.39, 0.29) is 6.04 Å². The van der Waals surface area contributed by atoms with Crippen molar-refractivity contribution in [1.82, 2.24) is 24.9 Å². The second kappa shape index (κ2) is 20.3. The van der Waals surface area contributed by atoms with Gasteiger partial charge >= 0.3 is 24.3 Å². The molecule has 0 saturated carbocycles. The van der Waals surface area contributed by atoms with Crippen LogP contribution in [0.5, 0.6) is 11.5 Å². The average molecular weight is 917 g/mol. The molecule has 2 aliphatic carbocycles. The predicted molar refractivity (Wildman–Crippen MR) is 226 cm³/mol. The maximum absolute atomic E-state index is 10.6. The van der Waals surface area contributed by atoms with E-state index in [0.29, 0.717) is 16.9 Å². The first-order valence-electron chi connectivity index (χ1n) is 20.5. The topological polar surface area (TPSA) is 166 Å². The summed E-state index contributed by atoms with van der Waals surface area (Å²) in [6.07, 6.45) is 2.85. The van der Waals surface area contributed by atoms with E-state index in [1.165, 1.54) is 28.7 Å². The number of methoxy groups -OCH3 is 2. The van der Waals surface area contributed by atoms with Crippen LogP contribution in [0.3, 0.4) is 0 Å². The molecule has 4 N–H and O–H groups in total. The number of benzene rings is 3. The molecular formula is C45H47ClF6N6O6. The summed E-state index contributed by atoms with van der Waals surface area (Å²) in [5.74, 6) is -2.96. The molecule has 0 radical (unpaired) electrons. The van der Waals surface area contributed by atoms with Gasteiger partial charge in [0, 0.05) is 59.6 Å². The highest BCUT2D eigenvalue weighted by molar-refractivity contribution is 6.31. The summed E-state index contributed by atoms with van der Waals surface area (Å²) in [4.78, 5) is 25.4. The van der Waals surface area contributed by atoms with Crippen LogP contribution in [-0.4, -0.2) is 86.7 Å². The molecule has 0 amide bonds. The van der Waals surface area contributed by atoms with Gasteiger partial charge in [-0.1, -0.05) is 58.8 Å². The number of aryl methyl sites for hydroxylation is 1. The van der Waals surface area contributed by atoms with E-state index < -0.39 is 24.3 Å². The Hall–Kier alpha value is -5.88. The summed E-state index contributed by atoms with van der Waals surface area (Å²) >= 11 is 6.26. The molecule has 3 heterocycles. The number of nitrogen functional groups attached to an aromatic ring is 1. The molecule has 12 nitrogen and oxygen atoms in total. The number of carboxylic acids is 2. The lowest BCUT2D eigenvalue weighted by molar-refractivity contribution is -0.193. The van der Waals surface area contributed by atoms with E-state index in [0.717, 1.165) is 104 Å². The van der Waals surface area contributed by atoms with Gasteiger partial charge in [-0.2, -0.15) is 26.3 Å². The van der Waals surface area contributed by atoms with Gasteiger partial charge in [-0.25, -0.2) is 9.59 Å². The Balaban J connectivity index is 0.000000422. The van der Waals surface area contributed by atoms with Gasteiger partial charge in [-0.15, -0.1) is 5.10 Å². The number of nitrogens with two attached hydrogens (primary N) is 1. The summed E-state index contributed by atoms with van der Waals surface area (Å²) in [7, 11) is 3.41. The van der Waals surface area contributed by atoms with Crippen molar-refractivity contribution in [1.29, 1.82) is 0 Å². The molecule has 3 atom stereocenters. The number of hydrogen-bond acceptors (Lipinski definition) is 9. The van der Waals surface area contributed by atoms with Crippen LogP contribution in [0.1, 0.15) is 77.7 Å². The molecule has 1 aliphatic heterocycles. The zero-order valence-corrected chi connectivity index (χ0v) is 35.7. The van der Waals surface area contributed by atoms with Crippen molar-refractivity contribution in [3.8, 4) is 11.5 Å². The van der Waals surface area contributed by atoms with Crippen molar-refractivity contribution in [2.24, 2.45) is 5.92 Å². The van der Waals surface area contributed by atoms with E-state index >= 15 is 0 Å². The first kappa shape index (κ1) is 47.6. The number of anilines is 1. The molecule has 2 bridgehead atoms. The lowest BCUT2D eigenvalue weighted by Gasteiger charge is -2.38. The van der Waals surface area contributed by atoms with Crippen molar-refractivity contribution < 1.29 is 55.6 Å². The highest BCUT2D eigenvalue weighted by Crippen LogP contribution is 2.47. The molecule has 0 spiro atoms. The second-order valence-electron chi connectivity index (χ2n) is 15.8. The molecular weight excluding hydrogens is 870 g/mol. The van der Waals surface area contributed by atoms with E-state index in [2.05, 4.69) is 69.9 Å². The Morgan fingerprint density at radius 3 is 2.22 bits per heavy atom. The smallest absolute Gasteiger partial charge is 0.490 e. The lowest BCUT2D eigenvalue weighted by atomic mass is 9.70. The number of aromatic nitrogens is 4. The maximum Gasteiger partial charge on any atom is 0.490 e. The average Bonchev–Trinajstić information content (AvgIpc) is 3.71. The van der Waals surface area contributed by atoms with Gasteiger partial charge in [0.05, 0.1) is 31.5 Å². The normalized spacial score (nSPS) is 18.0. The third kappa shape index (κ3) is 11.6. The number of carbonyl (C=O) groups is 2. The number of aliphatic carboxylic acids is 2. The second-order valence-corrected chi connectivity index (χ2v) is 16.2. The van der Waals surface area contributed by atoms with Gasteiger partial charge in [0.2, 0.25) is 0 Å². The minimum Gasteiger partial charge on any atom is -0.493 e. The maximum atomic E-state index is 10.6. The number of fused-ring (bicyclic) bond motifs is 6. The fraction of sp³-hybridized carbons (Fsp3) is 0.400. The van der Waals surface area contributed by atoms with Gasteiger partial charge in [0.1, 0.15) is 0 Å².